The zero-order valence-corrected chi connectivity index (χ0v) is 11.1. The van der Waals surface area contributed by atoms with Gasteiger partial charge in [-0.25, -0.2) is 0 Å². The standard InChI is InChI=1S/C13H22N4O/c1-9-3-4-10(2)12(5-9)16-11-6-15-17(7-11)8-13(14)18/h6-7,9-10,12,16H,3-5,8H2,1-2H3,(H2,14,18). The number of nitrogens with zero attached hydrogens (tertiary/aromatic N) is 2. The van der Waals surface area contributed by atoms with Crippen molar-refractivity contribution in [2.24, 2.45) is 17.6 Å². The van der Waals surface area contributed by atoms with Crippen molar-refractivity contribution in [2.45, 2.75) is 45.7 Å². The Morgan fingerprint density at radius 2 is 2.33 bits per heavy atom. The summed E-state index contributed by atoms with van der Waals surface area (Å²) in [7, 11) is 0. The van der Waals surface area contributed by atoms with Gasteiger partial charge in [-0.1, -0.05) is 20.3 Å². The molecule has 100 valence electrons. The number of hydrogen-bond donors (Lipinski definition) is 2. The van der Waals surface area contributed by atoms with Gasteiger partial charge in [-0.3, -0.25) is 9.48 Å². The summed E-state index contributed by atoms with van der Waals surface area (Å²) in [5.74, 6) is 1.09. The maximum Gasteiger partial charge on any atom is 0.239 e. The summed E-state index contributed by atoms with van der Waals surface area (Å²) in [5, 5.41) is 7.64. The first-order chi connectivity index (χ1) is 8.54. The molecular weight excluding hydrogens is 228 g/mol. The molecule has 1 heterocycles. The Balaban J connectivity index is 1.95. The summed E-state index contributed by atoms with van der Waals surface area (Å²) in [5.41, 5.74) is 6.11. The van der Waals surface area contributed by atoms with Gasteiger partial charge in [-0.15, -0.1) is 0 Å². The SMILES string of the molecule is CC1CCC(C)C(Nc2cnn(CC(N)=O)c2)C1. The number of primary amides is 1. The number of aromatic nitrogens is 2. The van der Waals surface area contributed by atoms with Gasteiger partial charge in [-0.2, -0.15) is 5.10 Å². The van der Waals surface area contributed by atoms with Crippen molar-refractivity contribution in [3.05, 3.63) is 12.4 Å². The molecule has 1 aromatic rings. The zero-order valence-electron chi connectivity index (χ0n) is 11.1. The molecule has 1 aliphatic carbocycles. The molecule has 1 aromatic heterocycles. The summed E-state index contributed by atoms with van der Waals surface area (Å²) in [6.07, 6.45) is 7.39. The lowest BCUT2D eigenvalue weighted by molar-refractivity contribution is -0.118. The van der Waals surface area contributed by atoms with Crippen molar-refractivity contribution in [3.63, 3.8) is 0 Å². The quantitative estimate of drug-likeness (QED) is 0.852. The Bertz CT molecular complexity index is 415. The van der Waals surface area contributed by atoms with E-state index in [1.807, 2.05) is 6.20 Å². The van der Waals surface area contributed by atoms with Crippen molar-refractivity contribution in [2.75, 3.05) is 5.32 Å². The van der Waals surface area contributed by atoms with Gasteiger partial charge in [-0.05, 0) is 24.7 Å². The van der Waals surface area contributed by atoms with E-state index in [0.717, 1.165) is 11.6 Å². The molecular formula is C13H22N4O. The molecule has 1 amide bonds. The third kappa shape index (κ3) is 3.24. The van der Waals surface area contributed by atoms with E-state index in [2.05, 4.69) is 24.3 Å². The smallest absolute Gasteiger partial charge is 0.239 e. The zero-order chi connectivity index (χ0) is 13.1. The third-order valence-electron chi connectivity index (χ3n) is 3.76. The number of amides is 1. The Labute approximate surface area is 108 Å². The number of rotatable bonds is 4. The third-order valence-corrected chi connectivity index (χ3v) is 3.76. The van der Waals surface area contributed by atoms with Gasteiger partial charge in [0, 0.05) is 12.2 Å². The van der Waals surface area contributed by atoms with Crippen LogP contribution in [0, 0.1) is 11.8 Å². The number of hydrogen-bond acceptors (Lipinski definition) is 3. The van der Waals surface area contributed by atoms with Crippen molar-refractivity contribution >= 4 is 11.6 Å². The minimum Gasteiger partial charge on any atom is -0.379 e. The predicted octanol–water partition coefficient (Wildman–Crippen LogP) is 1.60. The number of anilines is 1. The molecule has 1 aliphatic rings. The van der Waals surface area contributed by atoms with Crippen LogP contribution in [0.4, 0.5) is 5.69 Å². The summed E-state index contributed by atoms with van der Waals surface area (Å²) in [6.45, 7) is 4.73. The van der Waals surface area contributed by atoms with Crippen LogP contribution in [0.15, 0.2) is 12.4 Å². The molecule has 3 atom stereocenters. The second-order valence-corrected chi connectivity index (χ2v) is 5.54. The van der Waals surface area contributed by atoms with Crippen LogP contribution < -0.4 is 11.1 Å². The maximum atomic E-state index is 10.8. The molecule has 0 saturated heterocycles. The molecule has 3 N–H and O–H groups in total. The summed E-state index contributed by atoms with van der Waals surface area (Å²) >= 11 is 0. The highest BCUT2D eigenvalue weighted by atomic mass is 16.1. The molecule has 3 unspecified atom stereocenters. The van der Waals surface area contributed by atoms with E-state index in [4.69, 9.17) is 5.73 Å². The average Bonchev–Trinajstić information content (AvgIpc) is 2.70. The molecule has 0 bridgehead atoms. The first-order valence-electron chi connectivity index (χ1n) is 6.62. The molecule has 0 aliphatic heterocycles. The number of carbonyl (C=O) groups excluding carboxylic acids is 1. The van der Waals surface area contributed by atoms with E-state index < -0.39 is 0 Å². The minimum atomic E-state index is -0.371. The maximum absolute atomic E-state index is 10.8. The lowest BCUT2D eigenvalue weighted by Gasteiger charge is -2.33. The van der Waals surface area contributed by atoms with E-state index in [-0.39, 0.29) is 12.5 Å². The van der Waals surface area contributed by atoms with Gasteiger partial charge in [0.25, 0.3) is 0 Å². The Hall–Kier alpha value is -1.52. The number of nitrogens with two attached hydrogens (primary N) is 1. The molecule has 5 heteroatoms. The van der Waals surface area contributed by atoms with Crippen molar-refractivity contribution in [3.8, 4) is 0 Å². The molecule has 0 aromatic carbocycles. The van der Waals surface area contributed by atoms with Gasteiger partial charge in [0.1, 0.15) is 6.54 Å². The minimum absolute atomic E-state index is 0.137. The second-order valence-electron chi connectivity index (χ2n) is 5.54. The molecule has 5 nitrogen and oxygen atoms in total. The van der Waals surface area contributed by atoms with Gasteiger partial charge in [0.2, 0.25) is 5.91 Å². The number of carbonyl (C=O) groups is 1. The number of nitrogens with one attached hydrogen (secondary N) is 1. The fourth-order valence-corrected chi connectivity index (χ4v) is 2.63. The van der Waals surface area contributed by atoms with Crippen molar-refractivity contribution in [1.29, 1.82) is 0 Å². The lowest BCUT2D eigenvalue weighted by atomic mass is 9.80. The largest absolute Gasteiger partial charge is 0.379 e. The van der Waals surface area contributed by atoms with E-state index in [9.17, 15) is 4.79 Å². The fraction of sp³-hybridized carbons (Fsp3) is 0.692. The van der Waals surface area contributed by atoms with Crippen molar-refractivity contribution in [1.82, 2.24) is 9.78 Å². The molecule has 0 radical (unpaired) electrons. The first-order valence-corrected chi connectivity index (χ1v) is 6.62. The highest BCUT2D eigenvalue weighted by Crippen LogP contribution is 2.30. The molecule has 2 rings (SSSR count). The van der Waals surface area contributed by atoms with E-state index in [1.54, 1.807) is 10.9 Å². The van der Waals surface area contributed by atoms with Crippen molar-refractivity contribution < 1.29 is 4.79 Å². The Morgan fingerprint density at radius 3 is 3.06 bits per heavy atom. The predicted molar refractivity (Wildman–Crippen MR) is 71.0 cm³/mol. The highest BCUT2D eigenvalue weighted by Gasteiger charge is 2.25. The molecule has 18 heavy (non-hydrogen) atoms. The van der Waals surface area contributed by atoms with Crippen LogP contribution in [-0.4, -0.2) is 21.7 Å². The van der Waals surface area contributed by atoms with Crippen LogP contribution in [-0.2, 0) is 11.3 Å². The monoisotopic (exact) mass is 250 g/mol. The van der Waals surface area contributed by atoms with Crippen LogP contribution in [0.1, 0.15) is 33.1 Å². The van der Waals surface area contributed by atoms with Crippen LogP contribution >= 0.6 is 0 Å². The van der Waals surface area contributed by atoms with Gasteiger partial charge in [0.05, 0.1) is 11.9 Å². The van der Waals surface area contributed by atoms with Gasteiger partial charge in [0.15, 0.2) is 0 Å². The topological polar surface area (TPSA) is 72.9 Å². The highest BCUT2D eigenvalue weighted by molar-refractivity contribution is 5.73. The molecule has 1 saturated carbocycles. The second kappa shape index (κ2) is 5.42. The first kappa shape index (κ1) is 12.9. The molecule has 1 fully saturated rings. The van der Waals surface area contributed by atoms with E-state index in [0.29, 0.717) is 12.0 Å². The average molecular weight is 250 g/mol. The van der Waals surface area contributed by atoms with Crippen LogP contribution in [0.3, 0.4) is 0 Å². The van der Waals surface area contributed by atoms with Crippen LogP contribution in [0.5, 0.6) is 0 Å². The Kier molecular flexibility index (Phi) is 3.89. The van der Waals surface area contributed by atoms with Gasteiger partial charge < -0.3 is 11.1 Å². The summed E-state index contributed by atoms with van der Waals surface area (Å²) < 4.78 is 1.57. The molecule has 0 spiro atoms. The summed E-state index contributed by atoms with van der Waals surface area (Å²) in [6, 6.07) is 0.500. The fourth-order valence-electron chi connectivity index (χ4n) is 2.63. The van der Waals surface area contributed by atoms with E-state index in [1.165, 1.54) is 19.3 Å². The van der Waals surface area contributed by atoms with Crippen LogP contribution in [0.2, 0.25) is 0 Å². The normalized spacial score (nSPS) is 28.0. The Morgan fingerprint density at radius 1 is 1.56 bits per heavy atom. The van der Waals surface area contributed by atoms with Gasteiger partial charge >= 0.3 is 0 Å². The van der Waals surface area contributed by atoms with E-state index >= 15 is 0 Å². The summed E-state index contributed by atoms with van der Waals surface area (Å²) in [4.78, 5) is 10.8. The van der Waals surface area contributed by atoms with Crippen LogP contribution in [0.25, 0.3) is 0 Å². The lowest BCUT2D eigenvalue weighted by Crippen LogP contribution is -2.33.